The second-order valence-corrected chi connectivity index (χ2v) is 11.1. The van der Waals surface area contributed by atoms with Crippen molar-refractivity contribution < 1.29 is 19.1 Å². The summed E-state index contributed by atoms with van der Waals surface area (Å²) in [7, 11) is 1.62. The van der Waals surface area contributed by atoms with Crippen LogP contribution in [-0.2, 0) is 17.8 Å². The van der Waals surface area contributed by atoms with E-state index in [2.05, 4.69) is 43.3 Å². The van der Waals surface area contributed by atoms with Crippen molar-refractivity contribution in [3.63, 3.8) is 0 Å². The molecule has 4 aromatic rings. The van der Waals surface area contributed by atoms with Crippen molar-refractivity contribution in [2.45, 2.75) is 13.0 Å². The first-order chi connectivity index (χ1) is 21.1. The number of para-hydroxylation sites is 1. The summed E-state index contributed by atoms with van der Waals surface area (Å²) in [6.45, 7) is 7.26. The topological polar surface area (TPSA) is 105 Å². The maximum Gasteiger partial charge on any atom is 0.274 e. The predicted molar refractivity (Wildman–Crippen MR) is 162 cm³/mol. The number of ether oxygens (including phenoxy) is 2. The lowest BCUT2D eigenvalue weighted by atomic mass is 10.1. The largest absolute Gasteiger partial charge is 0.485 e. The molecule has 11 heteroatoms. The fourth-order valence-electron chi connectivity index (χ4n) is 6.24. The molecule has 222 valence electrons. The lowest BCUT2D eigenvalue weighted by molar-refractivity contribution is 0.0297. The zero-order chi connectivity index (χ0) is 29.3. The van der Waals surface area contributed by atoms with Gasteiger partial charge in [-0.2, -0.15) is 0 Å². The van der Waals surface area contributed by atoms with Gasteiger partial charge in [0.25, 0.3) is 11.8 Å². The Hall–Kier alpha value is -4.48. The van der Waals surface area contributed by atoms with Crippen LogP contribution in [0.5, 0.6) is 5.75 Å². The third kappa shape index (κ3) is 5.19. The molecule has 2 aromatic carbocycles. The Bertz CT molecular complexity index is 1670. The van der Waals surface area contributed by atoms with Gasteiger partial charge in [-0.15, -0.1) is 0 Å². The molecule has 11 nitrogen and oxygen atoms in total. The second-order valence-electron chi connectivity index (χ2n) is 11.1. The Labute approximate surface area is 250 Å². The van der Waals surface area contributed by atoms with Crippen molar-refractivity contribution in [1.29, 1.82) is 0 Å². The molecule has 5 heterocycles. The Balaban J connectivity index is 1.01. The SMILES string of the molecule is CNC(=O)c1ccc2c(N3CCN(CCc4cccc5c4OCc4c(C(=O)N6CCOCC6)ncn4-5)CC3)cccc2n1. The molecule has 0 radical (unpaired) electrons. The van der Waals surface area contributed by atoms with E-state index in [1.807, 2.05) is 28.8 Å². The van der Waals surface area contributed by atoms with E-state index >= 15 is 0 Å². The molecular weight excluding hydrogens is 546 g/mol. The highest BCUT2D eigenvalue weighted by atomic mass is 16.5. The molecule has 2 saturated heterocycles. The maximum absolute atomic E-state index is 13.1. The summed E-state index contributed by atoms with van der Waals surface area (Å²) in [4.78, 5) is 40.9. The van der Waals surface area contributed by atoms with Gasteiger partial charge in [0.1, 0.15) is 24.4 Å². The Morgan fingerprint density at radius 2 is 1.72 bits per heavy atom. The average molecular weight is 582 g/mol. The van der Waals surface area contributed by atoms with Crippen molar-refractivity contribution >= 4 is 28.4 Å². The van der Waals surface area contributed by atoms with Crippen LogP contribution in [0.25, 0.3) is 16.6 Å². The van der Waals surface area contributed by atoms with E-state index in [1.54, 1.807) is 24.3 Å². The van der Waals surface area contributed by atoms with Crippen LogP contribution in [0.3, 0.4) is 0 Å². The number of fused-ring (bicyclic) bond motifs is 4. The molecule has 3 aliphatic rings. The lowest BCUT2D eigenvalue weighted by Crippen LogP contribution is -2.47. The van der Waals surface area contributed by atoms with Gasteiger partial charge in [0.15, 0.2) is 5.69 Å². The van der Waals surface area contributed by atoms with Gasteiger partial charge in [-0.1, -0.05) is 18.2 Å². The normalized spacial score (nSPS) is 16.9. The number of benzene rings is 2. The van der Waals surface area contributed by atoms with E-state index in [1.165, 1.54) is 0 Å². The highest BCUT2D eigenvalue weighted by Gasteiger charge is 2.29. The third-order valence-electron chi connectivity index (χ3n) is 8.63. The molecule has 2 aromatic heterocycles. The van der Waals surface area contributed by atoms with Crippen LogP contribution in [0.15, 0.2) is 54.9 Å². The summed E-state index contributed by atoms with van der Waals surface area (Å²) in [5, 5.41) is 3.70. The Morgan fingerprint density at radius 3 is 2.53 bits per heavy atom. The van der Waals surface area contributed by atoms with Crippen LogP contribution in [0.2, 0.25) is 0 Å². The number of imidazole rings is 1. The minimum Gasteiger partial charge on any atom is -0.485 e. The zero-order valence-electron chi connectivity index (χ0n) is 24.3. The summed E-state index contributed by atoms with van der Waals surface area (Å²) in [5.41, 5.74) is 5.76. The minimum absolute atomic E-state index is 0.0622. The quantitative estimate of drug-likeness (QED) is 0.371. The van der Waals surface area contributed by atoms with Crippen LogP contribution < -0.4 is 15.0 Å². The van der Waals surface area contributed by atoms with Gasteiger partial charge in [0.2, 0.25) is 0 Å². The molecule has 2 amide bonds. The van der Waals surface area contributed by atoms with E-state index in [0.29, 0.717) is 44.3 Å². The Kier molecular flexibility index (Phi) is 7.42. The van der Waals surface area contributed by atoms with Crippen molar-refractivity contribution in [3.8, 4) is 11.4 Å². The first kappa shape index (κ1) is 27.4. The molecule has 0 saturated carbocycles. The molecule has 0 aliphatic carbocycles. The van der Waals surface area contributed by atoms with Crippen molar-refractivity contribution in [1.82, 2.24) is 29.7 Å². The van der Waals surface area contributed by atoms with Crippen LogP contribution in [0.4, 0.5) is 5.69 Å². The molecule has 3 aliphatic heterocycles. The van der Waals surface area contributed by atoms with Crippen molar-refractivity contribution in [2.75, 3.05) is 71.0 Å². The monoisotopic (exact) mass is 581 g/mol. The summed E-state index contributed by atoms with van der Waals surface area (Å²) in [5.74, 6) is 0.628. The van der Waals surface area contributed by atoms with Gasteiger partial charge in [-0.25, -0.2) is 9.97 Å². The number of nitrogens with one attached hydrogen (secondary N) is 1. The van der Waals surface area contributed by atoms with Crippen LogP contribution in [-0.4, -0.2) is 102 Å². The molecule has 0 spiro atoms. The van der Waals surface area contributed by atoms with Gasteiger partial charge < -0.3 is 24.6 Å². The standard InChI is InChI=1S/C32H35N7O4/c1-33-31(40)25-9-8-23-24(35-25)5-3-6-26(23)37-14-12-36(13-15-37)11-10-22-4-2-7-27-30(22)43-20-28-29(34-21-39(27)28)32(41)38-16-18-42-19-17-38/h2-9,21H,10-20H2,1H3,(H,33,40). The maximum atomic E-state index is 13.1. The molecule has 0 bridgehead atoms. The zero-order valence-corrected chi connectivity index (χ0v) is 24.3. The summed E-state index contributed by atoms with van der Waals surface area (Å²) >= 11 is 0. The number of anilines is 1. The number of carbonyl (C=O) groups excluding carboxylic acids is 2. The van der Waals surface area contributed by atoms with Gasteiger partial charge >= 0.3 is 0 Å². The summed E-state index contributed by atoms with van der Waals surface area (Å²) in [6, 6.07) is 16.1. The van der Waals surface area contributed by atoms with Gasteiger partial charge in [-0.3, -0.25) is 19.1 Å². The smallest absolute Gasteiger partial charge is 0.274 e. The minimum atomic E-state index is -0.180. The molecular formula is C32H35N7O4. The molecule has 0 atom stereocenters. The number of piperazine rings is 1. The number of rotatable bonds is 6. The van der Waals surface area contributed by atoms with E-state index in [0.717, 1.165) is 78.4 Å². The fraction of sp³-hybridized carbons (Fsp3) is 0.375. The second kappa shape index (κ2) is 11.7. The number of nitrogens with zero attached hydrogens (tertiary/aromatic N) is 6. The first-order valence-electron chi connectivity index (χ1n) is 14.9. The van der Waals surface area contributed by atoms with Crippen molar-refractivity contribution in [2.24, 2.45) is 0 Å². The number of amides is 2. The molecule has 2 fully saturated rings. The number of hydrogen-bond acceptors (Lipinski definition) is 8. The van der Waals surface area contributed by atoms with E-state index in [9.17, 15) is 9.59 Å². The number of carbonyl (C=O) groups is 2. The van der Waals surface area contributed by atoms with Crippen molar-refractivity contribution in [3.05, 3.63) is 77.5 Å². The average Bonchev–Trinajstić information content (AvgIpc) is 3.51. The number of morpholine rings is 1. The molecule has 0 unspecified atom stereocenters. The first-order valence-corrected chi connectivity index (χ1v) is 14.9. The lowest BCUT2D eigenvalue weighted by Gasteiger charge is -2.36. The van der Waals surface area contributed by atoms with E-state index < -0.39 is 0 Å². The molecule has 43 heavy (non-hydrogen) atoms. The molecule has 7 rings (SSSR count). The predicted octanol–water partition coefficient (Wildman–Crippen LogP) is 2.51. The van der Waals surface area contributed by atoms with Crippen LogP contribution >= 0.6 is 0 Å². The number of aromatic nitrogens is 3. The highest BCUT2D eigenvalue weighted by Crippen LogP contribution is 2.35. The van der Waals surface area contributed by atoms with E-state index in [-0.39, 0.29) is 11.8 Å². The summed E-state index contributed by atoms with van der Waals surface area (Å²) < 4.78 is 13.7. The summed E-state index contributed by atoms with van der Waals surface area (Å²) in [6.07, 6.45) is 2.61. The van der Waals surface area contributed by atoms with Gasteiger partial charge in [-0.05, 0) is 42.3 Å². The fourth-order valence-corrected chi connectivity index (χ4v) is 6.24. The van der Waals surface area contributed by atoms with E-state index in [4.69, 9.17) is 9.47 Å². The number of pyridine rings is 1. The van der Waals surface area contributed by atoms with Crippen LogP contribution in [0.1, 0.15) is 32.2 Å². The number of hydrogen-bond donors (Lipinski definition) is 1. The van der Waals surface area contributed by atoms with Gasteiger partial charge in [0, 0.05) is 63.9 Å². The van der Waals surface area contributed by atoms with Crippen LogP contribution in [0, 0.1) is 0 Å². The third-order valence-corrected chi connectivity index (χ3v) is 8.63. The highest BCUT2D eigenvalue weighted by molar-refractivity contribution is 5.98. The molecule has 1 N–H and O–H groups in total. The Morgan fingerprint density at radius 1 is 0.930 bits per heavy atom. The van der Waals surface area contributed by atoms with Gasteiger partial charge in [0.05, 0.1) is 30.1 Å².